The molecule has 174 valence electrons. The highest BCUT2D eigenvalue weighted by Crippen LogP contribution is 2.16. The van der Waals surface area contributed by atoms with Crippen molar-refractivity contribution in [3.05, 3.63) is 0 Å². The van der Waals surface area contributed by atoms with Gasteiger partial charge in [-0.05, 0) is 19.3 Å². The molecule has 0 spiro atoms. The van der Waals surface area contributed by atoms with E-state index in [1.165, 1.54) is 11.8 Å². The standard InChI is InChI=1S/C19H35N3O8/c1-12(24)21-13(6-7-16(20)27)19(29)22-8-4-2-3-5-9-30-18(15(26)11-23)17(28)14(25)10-22/h13-15,17-18,23,25-26,28H,2-11H2,1H3,(H2,20,27)(H,21,24)/t13-,14+,15+,17+,18+/m0/s1. The first-order valence-electron chi connectivity index (χ1n) is 10.3. The lowest BCUT2D eigenvalue weighted by atomic mass is 10.0. The molecule has 5 atom stereocenters. The molecule has 0 radical (unpaired) electrons. The molecule has 1 aliphatic heterocycles. The third-order valence-corrected chi connectivity index (χ3v) is 5.00. The summed E-state index contributed by atoms with van der Waals surface area (Å²) in [5.41, 5.74) is 5.16. The predicted molar refractivity (Wildman–Crippen MR) is 106 cm³/mol. The molecule has 0 aromatic heterocycles. The lowest BCUT2D eigenvalue weighted by molar-refractivity contribution is -0.153. The molecule has 1 fully saturated rings. The van der Waals surface area contributed by atoms with Crippen LogP contribution in [0.5, 0.6) is 0 Å². The van der Waals surface area contributed by atoms with Gasteiger partial charge in [-0.1, -0.05) is 12.8 Å². The average Bonchev–Trinajstić information content (AvgIpc) is 2.69. The fourth-order valence-corrected chi connectivity index (χ4v) is 3.37. The van der Waals surface area contributed by atoms with Gasteiger partial charge in [-0.15, -0.1) is 0 Å². The molecule has 11 nitrogen and oxygen atoms in total. The Labute approximate surface area is 176 Å². The lowest BCUT2D eigenvalue weighted by Crippen LogP contribution is -2.55. The maximum Gasteiger partial charge on any atom is 0.245 e. The van der Waals surface area contributed by atoms with Crippen LogP contribution in [-0.4, -0.2) is 99.8 Å². The zero-order chi connectivity index (χ0) is 22.7. The van der Waals surface area contributed by atoms with E-state index in [0.29, 0.717) is 12.8 Å². The van der Waals surface area contributed by atoms with E-state index >= 15 is 0 Å². The Morgan fingerprint density at radius 3 is 2.47 bits per heavy atom. The highest BCUT2D eigenvalue weighted by Gasteiger charge is 2.35. The number of hydrogen-bond acceptors (Lipinski definition) is 8. The van der Waals surface area contributed by atoms with Crippen LogP contribution in [0, 0.1) is 0 Å². The van der Waals surface area contributed by atoms with Gasteiger partial charge in [-0.25, -0.2) is 0 Å². The van der Waals surface area contributed by atoms with Gasteiger partial charge in [0.25, 0.3) is 0 Å². The van der Waals surface area contributed by atoms with Gasteiger partial charge >= 0.3 is 0 Å². The van der Waals surface area contributed by atoms with E-state index in [1.54, 1.807) is 0 Å². The highest BCUT2D eigenvalue weighted by atomic mass is 16.5. The molecular formula is C19H35N3O8. The van der Waals surface area contributed by atoms with E-state index in [4.69, 9.17) is 10.5 Å². The van der Waals surface area contributed by atoms with Gasteiger partial charge in [0, 0.05) is 33.0 Å². The van der Waals surface area contributed by atoms with Gasteiger partial charge in [0.15, 0.2) is 0 Å². The lowest BCUT2D eigenvalue weighted by Gasteiger charge is -2.34. The summed E-state index contributed by atoms with van der Waals surface area (Å²) in [6, 6.07) is -0.998. The zero-order valence-corrected chi connectivity index (χ0v) is 17.4. The Hall–Kier alpha value is -1.79. The molecule has 0 aromatic carbocycles. The number of aliphatic hydroxyl groups excluding tert-OH is 4. The van der Waals surface area contributed by atoms with E-state index < -0.39 is 54.8 Å². The summed E-state index contributed by atoms with van der Waals surface area (Å²) < 4.78 is 5.48. The van der Waals surface area contributed by atoms with Crippen molar-refractivity contribution in [1.29, 1.82) is 0 Å². The Bertz CT molecular complexity index is 562. The quantitative estimate of drug-likeness (QED) is 0.257. The van der Waals surface area contributed by atoms with Crippen molar-refractivity contribution in [3.8, 4) is 0 Å². The van der Waals surface area contributed by atoms with Crippen molar-refractivity contribution in [2.24, 2.45) is 5.73 Å². The number of aliphatic hydroxyl groups is 4. The minimum Gasteiger partial charge on any atom is -0.394 e. The number of ether oxygens (including phenoxy) is 1. The third kappa shape index (κ3) is 8.92. The number of hydrogen-bond donors (Lipinski definition) is 6. The number of amides is 3. The Morgan fingerprint density at radius 2 is 1.87 bits per heavy atom. The van der Waals surface area contributed by atoms with Crippen molar-refractivity contribution < 1.29 is 39.5 Å². The fraction of sp³-hybridized carbons (Fsp3) is 0.842. The molecule has 30 heavy (non-hydrogen) atoms. The van der Waals surface area contributed by atoms with Crippen LogP contribution in [0.4, 0.5) is 0 Å². The Balaban J connectivity index is 3.00. The second-order valence-corrected chi connectivity index (χ2v) is 7.60. The van der Waals surface area contributed by atoms with Gasteiger partial charge < -0.3 is 41.1 Å². The minimum atomic E-state index is -1.55. The van der Waals surface area contributed by atoms with Crippen LogP contribution in [-0.2, 0) is 19.1 Å². The Morgan fingerprint density at radius 1 is 1.20 bits per heavy atom. The summed E-state index contributed by atoms with van der Waals surface area (Å²) in [6.07, 6.45) is -2.86. The van der Waals surface area contributed by atoms with Gasteiger partial charge in [0.05, 0.1) is 6.61 Å². The topological polar surface area (TPSA) is 183 Å². The third-order valence-electron chi connectivity index (χ3n) is 5.00. The van der Waals surface area contributed by atoms with Crippen molar-refractivity contribution in [1.82, 2.24) is 10.2 Å². The van der Waals surface area contributed by atoms with Crippen LogP contribution >= 0.6 is 0 Å². The molecule has 0 aliphatic carbocycles. The summed E-state index contributed by atoms with van der Waals surface area (Å²) in [7, 11) is 0. The molecule has 1 saturated heterocycles. The summed E-state index contributed by atoms with van der Waals surface area (Å²) in [4.78, 5) is 37.0. The number of β-amino-alcohol motifs (C(OH)–C–C–N with tert-alkyl or cyclic N) is 1. The zero-order valence-electron chi connectivity index (χ0n) is 17.4. The fourth-order valence-electron chi connectivity index (χ4n) is 3.37. The van der Waals surface area contributed by atoms with Gasteiger partial charge in [0.2, 0.25) is 17.7 Å². The Kier molecular flexibility index (Phi) is 11.8. The number of rotatable bonds is 7. The second kappa shape index (κ2) is 13.5. The summed E-state index contributed by atoms with van der Waals surface area (Å²) in [5, 5.41) is 42.6. The van der Waals surface area contributed by atoms with Crippen molar-refractivity contribution >= 4 is 17.7 Å². The number of nitrogens with one attached hydrogen (secondary N) is 1. The van der Waals surface area contributed by atoms with E-state index in [2.05, 4.69) is 5.32 Å². The summed E-state index contributed by atoms with van der Waals surface area (Å²) in [5.74, 6) is -1.57. The SMILES string of the molecule is CC(=O)N[C@@H](CCC(N)=O)C(=O)N1CCCCCCO[C@H]([C@H](O)CO)[C@H](O)[C@H](O)C1. The maximum absolute atomic E-state index is 13.0. The van der Waals surface area contributed by atoms with Crippen molar-refractivity contribution in [3.63, 3.8) is 0 Å². The molecule has 3 amide bonds. The van der Waals surface area contributed by atoms with Crippen LogP contribution in [0.2, 0.25) is 0 Å². The number of primary amides is 1. The number of carbonyl (C=O) groups excluding carboxylic acids is 3. The normalized spacial score (nSPS) is 26.0. The monoisotopic (exact) mass is 433 g/mol. The first kappa shape index (κ1) is 26.2. The number of carbonyl (C=O) groups is 3. The van der Waals surface area contributed by atoms with E-state index in [9.17, 15) is 34.8 Å². The predicted octanol–water partition coefficient (Wildman–Crippen LogP) is -2.38. The molecule has 11 heteroatoms. The molecule has 1 heterocycles. The van der Waals surface area contributed by atoms with Crippen LogP contribution in [0.1, 0.15) is 45.4 Å². The molecule has 7 N–H and O–H groups in total. The number of nitrogens with two attached hydrogens (primary N) is 1. The van der Waals surface area contributed by atoms with Crippen LogP contribution in [0.15, 0.2) is 0 Å². The van der Waals surface area contributed by atoms with Crippen LogP contribution < -0.4 is 11.1 Å². The smallest absolute Gasteiger partial charge is 0.245 e. The van der Waals surface area contributed by atoms with Gasteiger partial charge in [-0.3, -0.25) is 14.4 Å². The summed E-state index contributed by atoms with van der Waals surface area (Å²) in [6.45, 7) is 0.854. The van der Waals surface area contributed by atoms with Gasteiger partial charge in [-0.2, -0.15) is 0 Å². The molecule has 0 unspecified atom stereocenters. The van der Waals surface area contributed by atoms with Crippen LogP contribution in [0.3, 0.4) is 0 Å². The molecule has 0 bridgehead atoms. The molecule has 0 saturated carbocycles. The van der Waals surface area contributed by atoms with Gasteiger partial charge in [0.1, 0.15) is 30.5 Å². The minimum absolute atomic E-state index is 0.0118. The maximum atomic E-state index is 13.0. The molecular weight excluding hydrogens is 398 g/mol. The highest BCUT2D eigenvalue weighted by molar-refractivity contribution is 5.87. The summed E-state index contributed by atoms with van der Waals surface area (Å²) >= 11 is 0. The molecule has 1 rings (SSSR count). The van der Waals surface area contributed by atoms with Crippen LogP contribution in [0.25, 0.3) is 0 Å². The molecule has 1 aliphatic rings. The average molecular weight is 434 g/mol. The first-order valence-corrected chi connectivity index (χ1v) is 10.3. The van der Waals surface area contributed by atoms with E-state index in [0.717, 1.165) is 12.8 Å². The van der Waals surface area contributed by atoms with Crippen molar-refractivity contribution in [2.75, 3.05) is 26.3 Å². The number of nitrogens with zero attached hydrogens (tertiary/aromatic N) is 1. The largest absolute Gasteiger partial charge is 0.394 e. The second-order valence-electron chi connectivity index (χ2n) is 7.60. The van der Waals surface area contributed by atoms with E-state index in [1.807, 2.05) is 0 Å². The van der Waals surface area contributed by atoms with E-state index in [-0.39, 0.29) is 32.5 Å². The van der Waals surface area contributed by atoms with Crippen molar-refractivity contribution in [2.45, 2.75) is 75.9 Å². The first-order chi connectivity index (χ1) is 14.2. The molecule has 0 aromatic rings.